The van der Waals surface area contributed by atoms with Crippen molar-refractivity contribution in [1.82, 2.24) is 4.98 Å². The summed E-state index contributed by atoms with van der Waals surface area (Å²) < 4.78 is 12.4. The van der Waals surface area contributed by atoms with E-state index in [0.717, 1.165) is 30.0 Å². The van der Waals surface area contributed by atoms with Crippen molar-refractivity contribution in [3.05, 3.63) is 103 Å². The fraction of sp³-hybridized carbons (Fsp3) is 0.259. The van der Waals surface area contributed by atoms with Gasteiger partial charge < -0.3 is 14.4 Å². The van der Waals surface area contributed by atoms with Gasteiger partial charge in [-0.1, -0.05) is 36.4 Å². The molecule has 2 aromatic carbocycles. The number of aryl methyl sites for hydroxylation is 1. The van der Waals surface area contributed by atoms with Gasteiger partial charge in [-0.25, -0.2) is 0 Å². The van der Waals surface area contributed by atoms with E-state index in [0.29, 0.717) is 19.7 Å². The minimum absolute atomic E-state index is 0.512. The van der Waals surface area contributed by atoms with Gasteiger partial charge in [0.15, 0.2) is 5.60 Å². The van der Waals surface area contributed by atoms with Crippen LogP contribution < -0.4 is 4.90 Å². The molecule has 1 atom stereocenters. The van der Waals surface area contributed by atoms with Gasteiger partial charge in [0.05, 0.1) is 20.2 Å². The Morgan fingerprint density at radius 1 is 0.906 bits per heavy atom. The van der Waals surface area contributed by atoms with Crippen molar-refractivity contribution >= 4 is 17.6 Å². The standard InChI is InChI=1S/C27H29N3O2/c1-31-26-16-19-29-21-27(26,32-20-8-9-23-14-17-28-18-15-23)22-30(24-10-4-2-5-11-24)25-12-6-3-7-13-25/h2-7,10-19H,8-9,20-22H2,1H3. The van der Waals surface area contributed by atoms with E-state index in [4.69, 9.17) is 9.47 Å². The van der Waals surface area contributed by atoms with Crippen molar-refractivity contribution < 1.29 is 9.47 Å². The molecule has 0 saturated heterocycles. The van der Waals surface area contributed by atoms with Crippen LogP contribution in [0.15, 0.2) is 102 Å². The summed E-state index contributed by atoms with van der Waals surface area (Å²) in [5.41, 5.74) is 2.79. The van der Waals surface area contributed by atoms with Gasteiger partial charge >= 0.3 is 0 Å². The highest BCUT2D eigenvalue weighted by Gasteiger charge is 2.40. The number of allylic oxidation sites excluding steroid dienone is 1. The number of aliphatic imine (C=N–C) groups is 1. The van der Waals surface area contributed by atoms with Crippen LogP contribution in [0.4, 0.5) is 11.4 Å². The van der Waals surface area contributed by atoms with Gasteiger partial charge in [0, 0.05) is 36.6 Å². The molecule has 164 valence electrons. The number of hydrogen-bond donors (Lipinski definition) is 0. The van der Waals surface area contributed by atoms with Gasteiger partial charge in [0.2, 0.25) is 0 Å². The van der Waals surface area contributed by atoms with Crippen molar-refractivity contribution in [2.45, 2.75) is 18.4 Å². The molecule has 4 rings (SSSR count). The van der Waals surface area contributed by atoms with E-state index in [1.807, 2.05) is 42.7 Å². The molecule has 0 fully saturated rings. The van der Waals surface area contributed by atoms with E-state index >= 15 is 0 Å². The largest absolute Gasteiger partial charge is 0.498 e. The Morgan fingerprint density at radius 3 is 2.19 bits per heavy atom. The molecule has 2 heterocycles. The predicted octanol–water partition coefficient (Wildman–Crippen LogP) is 5.22. The molecule has 5 nitrogen and oxygen atoms in total. The highest BCUT2D eigenvalue weighted by molar-refractivity contribution is 5.74. The smallest absolute Gasteiger partial charge is 0.162 e. The number of rotatable bonds is 10. The summed E-state index contributed by atoms with van der Waals surface area (Å²) in [7, 11) is 1.70. The second kappa shape index (κ2) is 10.7. The number of aromatic nitrogens is 1. The predicted molar refractivity (Wildman–Crippen MR) is 130 cm³/mol. The number of hydrogen-bond acceptors (Lipinski definition) is 5. The summed E-state index contributed by atoms with van der Waals surface area (Å²) in [5, 5.41) is 0. The van der Waals surface area contributed by atoms with Crippen molar-refractivity contribution in [2.75, 3.05) is 31.7 Å². The number of methoxy groups -OCH3 is 1. The van der Waals surface area contributed by atoms with Crippen LogP contribution in [0.5, 0.6) is 0 Å². The zero-order valence-corrected chi connectivity index (χ0v) is 18.4. The Kier molecular flexibility index (Phi) is 7.31. The first-order valence-electron chi connectivity index (χ1n) is 11.0. The number of benzene rings is 2. The summed E-state index contributed by atoms with van der Waals surface area (Å²) >= 11 is 0. The molecule has 0 radical (unpaired) electrons. The first-order valence-corrected chi connectivity index (χ1v) is 11.0. The van der Waals surface area contributed by atoms with Gasteiger partial charge in [-0.05, 0) is 60.9 Å². The number of nitrogens with zero attached hydrogens (tertiary/aromatic N) is 3. The van der Waals surface area contributed by atoms with Crippen LogP contribution in [0, 0.1) is 0 Å². The van der Waals surface area contributed by atoms with Gasteiger partial charge in [-0.15, -0.1) is 0 Å². The van der Waals surface area contributed by atoms with Gasteiger partial charge in [0.25, 0.3) is 0 Å². The number of para-hydroxylation sites is 2. The molecule has 0 bridgehead atoms. The normalized spacial score (nSPS) is 17.6. The summed E-state index contributed by atoms with van der Waals surface area (Å²) in [6.45, 7) is 1.71. The van der Waals surface area contributed by atoms with Gasteiger partial charge in [-0.3, -0.25) is 9.98 Å². The molecule has 0 N–H and O–H groups in total. The second-order valence-corrected chi connectivity index (χ2v) is 7.78. The average Bonchev–Trinajstić information content (AvgIpc) is 2.87. The zero-order valence-electron chi connectivity index (χ0n) is 18.4. The molecule has 0 aliphatic carbocycles. The summed E-state index contributed by atoms with van der Waals surface area (Å²) in [6.07, 6.45) is 9.22. The van der Waals surface area contributed by atoms with Crippen molar-refractivity contribution in [3.63, 3.8) is 0 Å². The third-order valence-electron chi connectivity index (χ3n) is 5.63. The van der Waals surface area contributed by atoms with E-state index in [1.165, 1.54) is 5.56 Å². The van der Waals surface area contributed by atoms with Crippen LogP contribution in [0.1, 0.15) is 12.0 Å². The van der Waals surface area contributed by atoms with E-state index < -0.39 is 5.60 Å². The van der Waals surface area contributed by atoms with Crippen LogP contribution in [0.3, 0.4) is 0 Å². The maximum atomic E-state index is 6.60. The zero-order chi connectivity index (χ0) is 22.1. The highest BCUT2D eigenvalue weighted by atomic mass is 16.5. The van der Waals surface area contributed by atoms with Crippen molar-refractivity contribution in [2.24, 2.45) is 4.99 Å². The van der Waals surface area contributed by atoms with Crippen LogP contribution in [0.2, 0.25) is 0 Å². The summed E-state index contributed by atoms with van der Waals surface area (Å²) in [6, 6.07) is 24.9. The highest BCUT2D eigenvalue weighted by Crippen LogP contribution is 2.33. The monoisotopic (exact) mass is 427 g/mol. The van der Waals surface area contributed by atoms with Crippen molar-refractivity contribution in [1.29, 1.82) is 0 Å². The SMILES string of the molecule is COC1=CC=NCC1(CN(c1ccccc1)c1ccccc1)OCCCc1ccncc1. The fourth-order valence-corrected chi connectivity index (χ4v) is 3.99. The molecule has 0 amide bonds. The van der Waals surface area contributed by atoms with Crippen LogP contribution >= 0.6 is 0 Å². The maximum absolute atomic E-state index is 6.60. The lowest BCUT2D eigenvalue weighted by Crippen LogP contribution is -2.49. The molecular formula is C27H29N3O2. The molecule has 1 unspecified atom stereocenters. The topological polar surface area (TPSA) is 47.0 Å². The molecule has 0 spiro atoms. The Bertz CT molecular complexity index is 983. The Morgan fingerprint density at radius 2 is 1.56 bits per heavy atom. The third kappa shape index (κ3) is 5.24. The molecule has 1 aliphatic heterocycles. The lowest BCUT2D eigenvalue weighted by molar-refractivity contribution is -0.0387. The average molecular weight is 428 g/mol. The molecule has 0 saturated carbocycles. The number of pyridine rings is 1. The van der Waals surface area contributed by atoms with Gasteiger partial charge in [0.1, 0.15) is 5.76 Å². The third-order valence-corrected chi connectivity index (χ3v) is 5.63. The lowest BCUT2D eigenvalue weighted by atomic mass is 9.96. The summed E-state index contributed by atoms with van der Waals surface area (Å²) in [4.78, 5) is 10.9. The van der Waals surface area contributed by atoms with E-state index in [2.05, 4.69) is 63.4 Å². The molecule has 32 heavy (non-hydrogen) atoms. The quantitative estimate of drug-likeness (QED) is 0.416. The molecular weight excluding hydrogens is 398 g/mol. The first kappa shape index (κ1) is 21.8. The minimum Gasteiger partial charge on any atom is -0.498 e. The summed E-state index contributed by atoms with van der Waals surface area (Å²) in [5.74, 6) is 0.799. The maximum Gasteiger partial charge on any atom is 0.162 e. The van der Waals surface area contributed by atoms with Crippen LogP contribution in [-0.4, -0.2) is 43.6 Å². The molecule has 1 aliphatic rings. The lowest BCUT2D eigenvalue weighted by Gasteiger charge is -2.40. The Balaban J connectivity index is 1.57. The Hall–Kier alpha value is -3.44. The number of dihydropyridines is 1. The first-order chi connectivity index (χ1) is 15.8. The Labute approximate surface area is 190 Å². The number of ether oxygens (including phenoxy) is 2. The number of anilines is 2. The fourth-order valence-electron chi connectivity index (χ4n) is 3.99. The van der Waals surface area contributed by atoms with Gasteiger partial charge in [-0.2, -0.15) is 0 Å². The van der Waals surface area contributed by atoms with E-state index in [1.54, 1.807) is 13.3 Å². The molecule has 1 aromatic heterocycles. The second-order valence-electron chi connectivity index (χ2n) is 7.78. The molecule has 3 aromatic rings. The minimum atomic E-state index is -0.673. The van der Waals surface area contributed by atoms with Crippen LogP contribution in [-0.2, 0) is 15.9 Å². The van der Waals surface area contributed by atoms with E-state index in [-0.39, 0.29) is 0 Å². The van der Waals surface area contributed by atoms with E-state index in [9.17, 15) is 0 Å². The van der Waals surface area contributed by atoms with Crippen molar-refractivity contribution in [3.8, 4) is 0 Å². The van der Waals surface area contributed by atoms with Crippen LogP contribution in [0.25, 0.3) is 0 Å². The molecule has 5 heteroatoms.